The van der Waals surface area contributed by atoms with Crippen LogP contribution in [0.15, 0.2) is 30.3 Å². The summed E-state index contributed by atoms with van der Waals surface area (Å²) in [6.07, 6.45) is -1.53. The molecule has 0 saturated heterocycles. The molecule has 1 fully saturated rings. The maximum absolute atomic E-state index is 13.2. The number of nitrogens with zero attached hydrogens (tertiary/aromatic N) is 1. The molecule has 0 bridgehead atoms. The molecular weight excluding hydrogens is 478 g/mol. The van der Waals surface area contributed by atoms with Crippen molar-refractivity contribution in [2.45, 2.75) is 50.7 Å². The predicted octanol–water partition coefficient (Wildman–Crippen LogP) is 3.75. The van der Waals surface area contributed by atoms with Crippen molar-refractivity contribution in [1.82, 2.24) is 10.3 Å². The van der Waals surface area contributed by atoms with Crippen LogP contribution in [0.25, 0.3) is 0 Å². The van der Waals surface area contributed by atoms with Gasteiger partial charge >= 0.3 is 5.97 Å². The summed E-state index contributed by atoms with van der Waals surface area (Å²) in [5, 5.41) is 3.04. The lowest BCUT2D eigenvalue weighted by atomic mass is 9.78. The van der Waals surface area contributed by atoms with Crippen LogP contribution in [-0.4, -0.2) is 63.4 Å². The Morgan fingerprint density at radius 2 is 1.83 bits per heavy atom. The van der Waals surface area contributed by atoms with Gasteiger partial charge in [0.25, 0.3) is 12.3 Å². The summed E-state index contributed by atoms with van der Waals surface area (Å²) in [6.45, 7) is 0.556. The van der Waals surface area contributed by atoms with Gasteiger partial charge in [-0.1, -0.05) is 6.07 Å². The number of ether oxygens (including phenoxy) is 5. The number of rotatable bonds is 10. The molecule has 36 heavy (non-hydrogen) atoms. The number of esters is 1. The van der Waals surface area contributed by atoms with Crippen molar-refractivity contribution in [3.05, 3.63) is 41.5 Å². The summed E-state index contributed by atoms with van der Waals surface area (Å²) in [7, 11) is 4.28. The Hall–Kier alpha value is -3.63. The Morgan fingerprint density at radius 3 is 2.47 bits per heavy atom. The van der Waals surface area contributed by atoms with Crippen molar-refractivity contribution < 1.29 is 42.1 Å². The zero-order chi connectivity index (χ0) is 26.2. The maximum Gasteiger partial charge on any atom is 0.302 e. The quantitative estimate of drug-likeness (QED) is 0.484. The zero-order valence-electron chi connectivity index (χ0n) is 20.6. The van der Waals surface area contributed by atoms with Crippen LogP contribution in [0.5, 0.6) is 23.3 Å². The predicted molar refractivity (Wildman–Crippen MR) is 125 cm³/mol. The Morgan fingerprint density at radius 1 is 1.06 bits per heavy atom. The number of halogens is 2. The second-order valence-electron chi connectivity index (χ2n) is 8.25. The molecule has 0 spiro atoms. The van der Waals surface area contributed by atoms with Crippen molar-refractivity contribution in [3.63, 3.8) is 0 Å². The molecule has 1 amide bonds. The van der Waals surface area contributed by atoms with Gasteiger partial charge in [-0.3, -0.25) is 9.59 Å². The number of methoxy groups -OCH3 is 3. The highest BCUT2D eigenvalue weighted by molar-refractivity contribution is 5.96. The second-order valence-corrected chi connectivity index (χ2v) is 8.25. The standard InChI is InChI=1S/C25H30F2N2O7/c1-14(30)36-16-6-8-19(28-24(31)17-7-10-23(33-3)29-25(17)34-4)18(12-16)15-5-9-20(32-2)21(11-15)35-13-22(26)27/h5,7,9-11,16,18-19,22H,6,8,12-13H2,1-4H3,(H,28,31). The van der Waals surface area contributed by atoms with Crippen LogP contribution in [0, 0.1) is 0 Å². The van der Waals surface area contributed by atoms with E-state index in [9.17, 15) is 18.4 Å². The SMILES string of the molecule is COc1ccc(C(=O)NC2CCC(OC(C)=O)CC2c2ccc(OC)c(OCC(F)F)c2)c(OC)n1. The van der Waals surface area contributed by atoms with Gasteiger partial charge in [-0.25, -0.2) is 8.78 Å². The lowest BCUT2D eigenvalue weighted by Gasteiger charge is -2.36. The van der Waals surface area contributed by atoms with Crippen LogP contribution < -0.4 is 24.3 Å². The van der Waals surface area contributed by atoms with E-state index >= 15 is 0 Å². The highest BCUT2D eigenvalue weighted by Gasteiger charge is 2.35. The molecule has 11 heteroatoms. The number of amides is 1. The lowest BCUT2D eigenvalue weighted by Crippen LogP contribution is -2.44. The van der Waals surface area contributed by atoms with Gasteiger partial charge in [0.1, 0.15) is 18.3 Å². The van der Waals surface area contributed by atoms with Crippen LogP contribution in [0.2, 0.25) is 0 Å². The van der Waals surface area contributed by atoms with Gasteiger partial charge in [-0.15, -0.1) is 0 Å². The van der Waals surface area contributed by atoms with Crippen LogP contribution in [-0.2, 0) is 9.53 Å². The van der Waals surface area contributed by atoms with Gasteiger partial charge < -0.3 is 29.0 Å². The van der Waals surface area contributed by atoms with E-state index in [1.165, 1.54) is 28.3 Å². The van der Waals surface area contributed by atoms with Gasteiger partial charge in [0, 0.05) is 24.9 Å². The van der Waals surface area contributed by atoms with Gasteiger partial charge in [0.05, 0.1) is 21.3 Å². The molecule has 1 aliphatic rings. The molecule has 1 aliphatic carbocycles. The molecule has 3 rings (SSSR count). The van der Waals surface area contributed by atoms with Gasteiger partial charge in [0.2, 0.25) is 11.8 Å². The fourth-order valence-corrected chi connectivity index (χ4v) is 4.32. The van der Waals surface area contributed by atoms with E-state index < -0.39 is 24.9 Å². The first-order chi connectivity index (χ1) is 17.2. The first-order valence-corrected chi connectivity index (χ1v) is 11.4. The number of nitrogens with one attached hydrogen (secondary N) is 1. The molecule has 1 saturated carbocycles. The first-order valence-electron chi connectivity index (χ1n) is 11.4. The molecular formula is C25H30F2N2O7. The third-order valence-electron chi connectivity index (χ3n) is 5.91. The Balaban J connectivity index is 1.90. The zero-order valence-corrected chi connectivity index (χ0v) is 20.6. The van der Waals surface area contributed by atoms with Crippen LogP contribution >= 0.6 is 0 Å². The molecule has 1 heterocycles. The summed E-state index contributed by atoms with van der Waals surface area (Å²) in [5.74, 6) is -0.208. The molecule has 1 N–H and O–H groups in total. The third-order valence-corrected chi connectivity index (χ3v) is 5.91. The van der Waals surface area contributed by atoms with E-state index in [0.717, 1.165) is 5.56 Å². The van der Waals surface area contributed by atoms with Crippen molar-refractivity contribution in [1.29, 1.82) is 0 Å². The van der Waals surface area contributed by atoms with E-state index in [1.807, 2.05) is 0 Å². The molecule has 3 unspecified atom stereocenters. The Labute approximate surface area is 208 Å². The number of benzene rings is 1. The summed E-state index contributed by atoms with van der Waals surface area (Å²) in [4.78, 5) is 28.9. The molecule has 3 atom stereocenters. The molecule has 1 aromatic carbocycles. The van der Waals surface area contributed by atoms with E-state index in [2.05, 4.69) is 10.3 Å². The topological polar surface area (TPSA) is 105 Å². The maximum atomic E-state index is 13.2. The largest absolute Gasteiger partial charge is 0.493 e. The van der Waals surface area contributed by atoms with E-state index in [-0.39, 0.29) is 35.3 Å². The lowest BCUT2D eigenvalue weighted by molar-refractivity contribution is -0.148. The van der Waals surface area contributed by atoms with Crippen molar-refractivity contribution in [2.24, 2.45) is 0 Å². The molecule has 9 nitrogen and oxygen atoms in total. The van der Waals surface area contributed by atoms with Crippen molar-refractivity contribution >= 4 is 11.9 Å². The molecule has 0 radical (unpaired) electrons. The highest BCUT2D eigenvalue weighted by atomic mass is 19.3. The number of pyridine rings is 1. The minimum Gasteiger partial charge on any atom is -0.493 e. The van der Waals surface area contributed by atoms with E-state index in [0.29, 0.717) is 30.9 Å². The van der Waals surface area contributed by atoms with Crippen molar-refractivity contribution in [2.75, 3.05) is 27.9 Å². The third kappa shape index (κ3) is 6.73. The molecule has 0 aliphatic heterocycles. The minimum atomic E-state index is -2.65. The number of hydrogen-bond acceptors (Lipinski definition) is 8. The molecule has 1 aromatic heterocycles. The fraction of sp³-hybridized carbons (Fsp3) is 0.480. The average molecular weight is 509 g/mol. The number of alkyl halides is 2. The van der Waals surface area contributed by atoms with Crippen molar-refractivity contribution in [3.8, 4) is 23.3 Å². The Kier molecular flexibility index (Phi) is 9.26. The highest BCUT2D eigenvalue weighted by Crippen LogP contribution is 2.39. The van der Waals surface area contributed by atoms with Crippen LogP contribution in [0.4, 0.5) is 8.78 Å². The summed E-state index contributed by atoms with van der Waals surface area (Å²) in [6, 6.07) is 7.79. The minimum absolute atomic E-state index is 0.115. The van der Waals surface area contributed by atoms with Crippen LogP contribution in [0.3, 0.4) is 0 Å². The number of aromatic nitrogens is 1. The summed E-state index contributed by atoms with van der Waals surface area (Å²) >= 11 is 0. The van der Waals surface area contributed by atoms with E-state index in [4.69, 9.17) is 23.7 Å². The smallest absolute Gasteiger partial charge is 0.302 e. The number of carbonyl (C=O) groups excluding carboxylic acids is 2. The number of hydrogen-bond donors (Lipinski definition) is 1. The number of carbonyl (C=O) groups is 2. The first kappa shape index (κ1) is 27.0. The van der Waals surface area contributed by atoms with Gasteiger partial charge in [-0.2, -0.15) is 4.98 Å². The van der Waals surface area contributed by atoms with E-state index in [1.54, 1.807) is 30.3 Å². The summed E-state index contributed by atoms with van der Waals surface area (Å²) in [5.41, 5.74) is 0.955. The average Bonchev–Trinajstić information content (AvgIpc) is 2.87. The van der Waals surface area contributed by atoms with Gasteiger partial charge in [-0.05, 0) is 43.0 Å². The Bertz CT molecular complexity index is 1070. The fourth-order valence-electron chi connectivity index (χ4n) is 4.32. The second kappa shape index (κ2) is 12.4. The van der Waals surface area contributed by atoms with Gasteiger partial charge in [0.15, 0.2) is 11.5 Å². The monoisotopic (exact) mass is 508 g/mol. The molecule has 196 valence electrons. The normalized spacial score (nSPS) is 19.4. The summed E-state index contributed by atoms with van der Waals surface area (Å²) < 4.78 is 51.9. The van der Waals surface area contributed by atoms with Crippen LogP contribution in [0.1, 0.15) is 48.0 Å². The molecule has 2 aromatic rings.